The Bertz CT molecular complexity index is 470. The fourth-order valence-corrected chi connectivity index (χ4v) is 1.91. The summed E-state index contributed by atoms with van der Waals surface area (Å²) in [6, 6.07) is 14.9. The molecule has 0 saturated heterocycles. The highest BCUT2D eigenvalue weighted by molar-refractivity contribution is 5.42. The minimum absolute atomic E-state index is 0.466. The van der Waals surface area contributed by atoms with E-state index in [2.05, 4.69) is 53.4 Å². The molecular weight excluding hydrogens is 234 g/mol. The van der Waals surface area contributed by atoms with Gasteiger partial charge in [0.25, 0.3) is 0 Å². The highest BCUT2D eigenvalue weighted by atomic mass is 15.1. The molecule has 2 rings (SSSR count). The second-order valence-electron chi connectivity index (χ2n) is 4.87. The maximum atomic E-state index is 4.04. The third kappa shape index (κ3) is 4.38. The monoisotopic (exact) mass is 255 g/mol. The maximum Gasteiger partial charge on any atom is 0.0340 e. The van der Waals surface area contributed by atoms with Crippen LogP contribution in [0.25, 0.3) is 0 Å². The van der Waals surface area contributed by atoms with Crippen molar-refractivity contribution in [2.24, 2.45) is 0 Å². The smallest absolute Gasteiger partial charge is 0.0340 e. The first kappa shape index (κ1) is 13.6. The summed E-state index contributed by atoms with van der Waals surface area (Å²) in [4.78, 5) is 6.38. The van der Waals surface area contributed by atoms with E-state index in [1.54, 1.807) is 0 Å². The van der Waals surface area contributed by atoms with Crippen molar-refractivity contribution in [1.29, 1.82) is 0 Å². The van der Waals surface area contributed by atoms with E-state index in [9.17, 15) is 0 Å². The molecule has 0 fully saturated rings. The average Bonchev–Trinajstić information content (AvgIpc) is 2.47. The SMILES string of the molecule is CC(CNc1ccccc1)N(C)Cc1ccncc1. The van der Waals surface area contributed by atoms with E-state index in [0.717, 1.165) is 13.1 Å². The van der Waals surface area contributed by atoms with Crippen LogP contribution in [0, 0.1) is 0 Å². The van der Waals surface area contributed by atoms with Gasteiger partial charge in [0, 0.05) is 37.2 Å². The summed E-state index contributed by atoms with van der Waals surface area (Å²) in [6.07, 6.45) is 3.69. The lowest BCUT2D eigenvalue weighted by Crippen LogP contribution is -2.34. The molecule has 100 valence electrons. The lowest BCUT2D eigenvalue weighted by molar-refractivity contribution is 0.259. The minimum atomic E-state index is 0.466. The van der Waals surface area contributed by atoms with Gasteiger partial charge < -0.3 is 5.32 Å². The van der Waals surface area contributed by atoms with Gasteiger partial charge in [0.15, 0.2) is 0 Å². The summed E-state index contributed by atoms with van der Waals surface area (Å²) in [5, 5.41) is 3.46. The predicted molar refractivity (Wildman–Crippen MR) is 80.1 cm³/mol. The second kappa shape index (κ2) is 6.90. The van der Waals surface area contributed by atoms with E-state index in [1.807, 2.05) is 30.6 Å². The Labute approximate surface area is 115 Å². The molecule has 0 aliphatic rings. The van der Waals surface area contributed by atoms with E-state index in [0.29, 0.717) is 6.04 Å². The van der Waals surface area contributed by atoms with E-state index >= 15 is 0 Å². The van der Waals surface area contributed by atoms with Crippen LogP contribution in [0.5, 0.6) is 0 Å². The molecule has 0 saturated carbocycles. The van der Waals surface area contributed by atoms with Crippen LogP contribution in [0.15, 0.2) is 54.9 Å². The quantitative estimate of drug-likeness (QED) is 0.860. The van der Waals surface area contributed by atoms with Crippen molar-refractivity contribution in [1.82, 2.24) is 9.88 Å². The fourth-order valence-electron chi connectivity index (χ4n) is 1.91. The Morgan fingerprint density at radius 1 is 1.11 bits per heavy atom. The van der Waals surface area contributed by atoms with Gasteiger partial charge in [0.1, 0.15) is 0 Å². The molecule has 3 nitrogen and oxygen atoms in total. The largest absolute Gasteiger partial charge is 0.383 e. The number of likely N-dealkylation sites (N-methyl/N-ethyl adjacent to an activating group) is 1. The third-order valence-electron chi connectivity index (χ3n) is 3.31. The van der Waals surface area contributed by atoms with Gasteiger partial charge in [0.2, 0.25) is 0 Å². The summed E-state index contributed by atoms with van der Waals surface area (Å²) in [5.74, 6) is 0. The van der Waals surface area contributed by atoms with Gasteiger partial charge in [-0.3, -0.25) is 9.88 Å². The van der Waals surface area contributed by atoms with Crippen LogP contribution in [-0.2, 0) is 6.54 Å². The molecule has 1 atom stereocenters. The number of para-hydroxylation sites is 1. The lowest BCUT2D eigenvalue weighted by atomic mass is 10.2. The molecule has 2 aromatic rings. The molecule has 19 heavy (non-hydrogen) atoms. The first-order chi connectivity index (χ1) is 9.25. The Morgan fingerprint density at radius 2 is 1.79 bits per heavy atom. The van der Waals surface area contributed by atoms with Crippen LogP contribution < -0.4 is 5.32 Å². The Morgan fingerprint density at radius 3 is 2.47 bits per heavy atom. The number of benzene rings is 1. The Kier molecular flexibility index (Phi) is 4.93. The standard InChI is InChI=1S/C16H21N3/c1-14(12-18-16-6-4-3-5-7-16)19(2)13-15-8-10-17-11-9-15/h3-11,14,18H,12-13H2,1-2H3. The summed E-state index contributed by atoms with van der Waals surface area (Å²) < 4.78 is 0. The Balaban J connectivity index is 1.81. The zero-order valence-corrected chi connectivity index (χ0v) is 11.6. The molecule has 0 spiro atoms. The minimum Gasteiger partial charge on any atom is -0.383 e. The number of rotatable bonds is 6. The highest BCUT2D eigenvalue weighted by Gasteiger charge is 2.09. The number of anilines is 1. The van der Waals surface area contributed by atoms with Gasteiger partial charge in [0.05, 0.1) is 0 Å². The van der Waals surface area contributed by atoms with Crippen molar-refractivity contribution in [3.8, 4) is 0 Å². The van der Waals surface area contributed by atoms with Gasteiger partial charge in [-0.2, -0.15) is 0 Å². The van der Waals surface area contributed by atoms with Gasteiger partial charge >= 0.3 is 0 Å². The van der Waals surface area contributed by atoms with Crippen molar-refractivity contribution < 1.29 is 0 Å². The van der Waals surface area contributed by atoms with Crippen LogP contribution in [0.4, 0.5) is 5.69 Å². The number of hydrogen-bond donors (Lipinski definition) is 1. The van der Waals surface area contributed by atoms with Gasteiger partial charge in [-0.25, -0.2) is 0 Å². The van der Waals surface area contributed by atoms with Crippen molar-refractivity contribution in [3.63, 3.8) is 0 Å². The van der Waals surface area contributed by atoms with E-state index in [-0.39, 0.29) is 0 Å². The van der Waals surface area contributed by atoms with Gasteiger partial charge in [-0.05, 0) is 43.8 Å². The first-order valence-corrected chi connectivity index (χ1v) is 6.64. The normalized spacial score (nSPS) is 12.4. The van der Waals surface area contributed by atoms with Crippen LogP contribution in [0.2, 0.25) is 0 Å². The molecular formula is C16H21N3. The van der Waals surface area contributed by atoms with Crippen LogP contribution >= 0.6 is 0 Å². The average molecular weight is 255 g/mol. The van der Waals surface area contributed by atoms with Crippen LogP contribution in [0.3, 0.4) is 0 Å². The molecule has 0 aliphatic carbocycles. The molecule has 1 aromatic heterocycles. The predicted octanol–water partition coefficient (Wildman–Crippen LogP) is 3.01. The maximum absolute atomic E-state index is 4.04. The lowest BCUT2D eigenvalue weighted by Gasteiger charge is -2.25. The molecule has 1 unspecified atom stereocenters. The second-order valence-corrected chi connectivity index (χ2v) is 4.87. The summed E-state index contributed by atoms with van der Waals surface area (Å²) in [6.45, 7) is 4.11. The first-order valence-electron chi connectivity index (χ1n) is 6.64. The topological polar surface area (TPSA) is 28.2 Å². The van der Waals surface area contributed by atoms with E-state index in [4.69, 9.17) is 0 Å². The Hall–Kier alpha value is -1.87. The molecule has 0 amide bonds. The van der Waals surface area contributed by atoms with Gasteiger partial charge in [-0.15, -0.1) is 0 Å². The molecule has 0 bridgehead atoms. The molecule has 1 aromatic carbocycles. The zero-order valence-electron chi connectivity index (χ0n) is 11.6. The van der Waals surface area contributed by atoms with Crippen molar-refractivity contribution >= 4 is 5.69 Å². The molecule has 1 N–H and O–H groups in total. The van der Waals surface area contributed by atoms with E-state index < -0.39 is 0 Å². The van der Waals surface area contributed by atoms with Gasteiger partial charge in [-0.1, -0.05) is 18.2 Å². The van der Waals surface area contributed by atoms with Crippen LogP contribution in [0.1, 0.15) is 12.5 Å². The molecule has 0 radical (unpaired) electrons. The van der Waals surface area contributed by atoms with Crippen LogP contribution in [-0.4, -0.2) is 29.5 Å². The number of nitrogens with one attached hydrogen (secondary N) is 1. The number of nitrogens with zero attached hydrogens (tertiary/aromatic N) is 2. The highest BCUT2D eigenvalue weighted by Crippen LogP contribution is 2.08. The number of aromatic nitrogens is 1. The summed E-state index contributed by atoms with van der Waals surface area (Å²) in [7, 11) is 2.15. The summed E-state index contributed by atoms with van der Waals surface area (Å²) >= 11 is 0. The van der Waals surface area contributed by atoms with Crippen molar-refractivity contribution in [2.75, 3.05) is 18.9 Å². The third-order valence-corrected chi connectivity index (χ3v) is 3.31. The number of pyridine rings is 1. The molecule has 1 heterocycles. The van der Waals surface area contributed by atoms with Crippen molar-refractivity contribution in [3.05, 3.63) is 60.4 Å². The molecule has 3 heteroatoms. The van der Waals surface area contributed by atoms with E-state index in [1.165, 1.54) is 11.3 Å². The van der Waals surface area contributed by atoms with Crippen molar-refractivity contribution in [2.45, 2.75) is 19.5 Å². The summed E-state index contributed by atoms with van der Waals surface area (Å²) in [5.41, 5.74) is 2.47. The zero-order chi connectivity index (χ0) is 13.5. The fraction of sp³-hybridized carbons (Fsp3) is 0.312. The molecule has 0 aliphatic heterocycles. The number of hydrogen-bond acceptors (Lipinski definition) is 3.